The molecule has 0 aliphatic carbocycles. The van der Waals surface area contributed by atoms with Gasteiger partial charge in [0.05, 0.1) is 43.6 Å². The third-order valence-corrected chi connectivity index (χ3v) is 5.80. The number of alkyl halides is 3. The van der Waals surface area contributed by atoms with Crippen molar-refractivity contribution < 1.29 is 37.0 Å². The molecule has 0 unspecified atom stereocenters. The molecule has 1 aliphatic heterocycles. The van der Waals surface area contributed by atoms with E-state index in [1.165, 1.54) is 55.6 Å². The third-order valence-electron chi connectivity index (χ3n) is 5.80. The van der Waals surface area contributed by atoms with Crippen molar-refractivity contribution in [1.82, 2.24) is 30.2 Å². The molecule has 0 spiro atoms. The zero-order valence-electron chi connectivity index (χ0n) is 19.8. The van der Waals surface area contributed by atoms with Gasteiger partial charge in [-0.05, 0) is 18.6 Å². The molecule has 1 fully saturated rings. The lowest BCUT2D eigenvalue weighted by Crippen LogP contribution is -2.53. The Hall–Kier alpha value is -4.36. The van der Waals surface area contributed by atoms with E-state index < -0.39 is 30.1 Å². The van der Waals surface area contributed by atoms with Crippen LogP contribution in [0.1, 0.15) is 33.2 Å². The van der Waals surface area contributed by atoms with Crippen molar-refractivity contribution in [2.45, 2.75) is 24.9 Å². The summed E-state index contributed by atoms with van der Waals surface area (Å²) in [5.41, 5.74) is 0.00257. The first-order valence-electron chi connectivity index (χ1n) is 11.1. The van der Waals surface area contributed by atoms with Crippen LogP contribution in [0.3, 0.4) is 0 Å². The van der Waals surface area contributed by atoms with Gasteiger partial charge in [0.15, 0.2) is 5.75 Å². The number of hydrogen-bond donors (Lipinski definition) is 1. The lowest BCUT2D eigenvalue weighted by atomic mass is 9.97. The Morgan fingerprint density at radius 1 is 1.14 bits per heavy atom. The number of carbonyl (C=O) groups is 2. The smallest absolute Gasteiger partial charge is 0.491 e. The van der Waals surface area contributed by atoms with Crippen LogP contribution in [0.15, 0.2) is 48.9 Å². The zero-order valence-corrected chi connectivity index (χ0v) is 19.8. The maximum Gasteiger partial charge on any atom is 0.573 e. The van der Waals surface area contributed by atoms with Gasteiger partial charge >= 0.3 is 6.36 Å². The van der Waals surface area contributed by atoms with E-state index in [0.29, 0.717) is 12.2 Å². The van der Waals surface area contributed by atoms with Gasteiger partial charge in [-0.2, -0.15) is 0 Å². The number of carbonyl (C=O) groups excluding carboxylic acids is 2. The molecule has 0 bridgehead atoms. The molecule has 2 amide bonds. The average molecular weight is 520 g/mol. The molecule has 1 aliphatic rings. The van der Waals surface area contributed by atoms with E-state index in [9.17, 15) is 22.8 Å². The minimum atomic E-state index is -4.95. The second-order valence-electron chi connectivity index (χ2n) is 8.05. The fraction of sp³-hybridized carbons (Fsp3) is 0.348. The number of para-hydroxylation sites is 1. The molecule has 1 N–H and O–H groups in total. The number of nitrogens with one attached hydrogen (secondary N) is 1. The van der Waals surface area contributed by atoms with E-state index >= 15 is 0 Å². The Labute approximate surface area is 209 Å². The van der Waals surface area contributed by atoms with E-state index in [2.05, 4.69) is 25.3 Å². The highest BCUT2D eigenvalue weighted by Gasteiger charge is 2.37. The summed E-state index contributed by atoms with van der Waals surface area (Å²) in [7, 11) is 2.86. The SMILES string of the molecule is COc1cc(C(=O)N2CC[C@@H](NC(=O)c3ccccc3OC(F)(F)F)[C@H](n3ccnn3)C2)cnc1OC. The number of likely N-dealkylation sites (tertiary alicyclic amines) is 1. The highest BCUT2D eigenvalue weighted by atomic mass is 19.4. The maximum absolute atomic E-state index is 13.2. The number of pyridine rings is 1. The number of halogens is 3. The third kappa shape index (κ3) is 5.90. The first-order chi connectivity index (χ1) is 17.7. The summed E-state index contributed by atoms with van der Waals surface area (Å²) in [5, 5.41) is 10.6. The number of methoxy groups -OCH3 is 2. The number of amides is 2. The molecular weight excluding hydrogens is 497 g/mol. The van der Waals surface area contributed by atoms with Gasteiger partial charge in [-0.1, -0.05) is 17.3 Å². The van der Waals surface area contributed by atoms with Crippen molar-refractivity contribution in [3.05, 3.63) is 60.0 Å². The number of benzene rings is 1. The molecule has 1 saturated heterocycles. The van der Waals surface area contributed by atoms with Crippen LogP contribution in [0.4, 0.5) is 13.2 Å². The second kappa shape index (κ2) is 10.7. The molecule has 0 saturated carbocycles. The Bertz CT molecular complexity index is 1250. The van der Waals surface area contributed by atoms with Gasteiger partial charge in [0, 0.05) is 31.5 Å². The number of nitrogens with zero attached hydrogens (tertiary/aromatic N) is 5. The van der Waals surface area contributed by atoms with E-state index in [4.69, 9.17) is 9.47 Å². The van der Waals surface area contributed by atoms with Crippen LogP contribution in [-0.2, 0) is 0 Å². The van der Waals surface area contributed by atoms with Crippen LogP contribution in [-0.4, -0.2) is 76.4 Å². The summed E-state index contributed by atoms with van der Waals surface area (Å²) in [6, 6.07) is 5.48. The van der Waals surface area contributed by atoms with Crippen LogP contribution < -0.4 is 19.5 Å². The second-order valence-corrected chi connectivity index (χ2v) is 8.05. The van der Waals surface area contributed by atoms with E-state index in [1.807, 2.05) is 0 Å². The van der Waals surface area contributed by atoms with Gasteiger partial charge in [-0.25, -0.2) is 9.67 Å². The fourth-order valence-electron chi connectivity index (χ4n) is 4.09. The molecule has 11 nitrogen and oxygen atoms in total. The molecular formula is C23H23F3N6O5. The number of aromatic nitrogens is 4. The summed E-state index contributed by atoms with van der Waals surface area (Å²) in [6.07, 6.45) is -0.254. The molecule has 3 aromatic rings. The largest absolute Gasteiger partial charge is 0.573 e. The van der Waals surface area contributed by atoms with Crippen molar-refractivity contribution in [3.63, 3.8) is 0 Å². The van der Waals surface area contributed by atoms with Gasteiger partial charge in [0.1, 0.15) is 5.75 Å². The van der Waals surface area contributed by atoms with Gasteiger partial charge in [-0.3, -0.25) is 9.59 Å². The highest BCUT2D eigenvalue weighted by Crippen LogP contribution is 2.29. The molecule has 1 aromatic carbocycles. The monoisotopic (exact) mass is 520 g/mol. The lowest BCUT2D eigenvalue weighted by Gasteiger charge is -2.38. The first kappa shape index (κ1) is 25.7. The number of piperidine rings is 1. The van der Waals surface area contributed by atoms with E-state index in [1.54, 1.807) is 11.1 Å². The van der Waals surface area contributed by atoms with Crippen LogP contribution in [0.2, 0.25) is 0 Å². The summed E-state index contributed by atoms with van der Waals surface area (Å²) in [6.45, 7) is 0.395. The molecule has 3 heterocycles. The molecule has 196 valence electrons. The average Bonchev–Trinajstić information content (AvgIpc) is 3.42. The Morgan fingerprint density at radius 2 is 1.92 bits per heavy atom. The van der Waals surface area contributed by atoms with Crippen LogP contribution >= 0.6 is 0 Å². The maximum atomic E-state index is 13.2. The number of ether oxygens (including phenoxy) is 3. The Morgan fingerprint density at radius 3 is 2.59 bits per heavy atom. The molecule has 4 rings (SSSR count). The van der Waals surface area contributed by atoms with Crippen LogP contribution in [0.5, 0.6) is 17.4 Å². The zero-order chi connectivity index (χ0) is 26.6. The van der Waals surface area contributed by atoms with Crippen molar-refractivity contribution in [1.29, 1.82) is 0 Å². The summed E-state index contributed by atoms with van der Waals surface area (Å²) in [5.74, 6) is -1.16. The predicted octanol–water partition coefficient (Wildman–Crippen LogP) is 2.47. The molecule has 0 radical (unpaired) electrons. The summed E-state index contributed by atoms with van der Waals surface area (Å²) in [4.78, 5) is 31.9. The lowest BCUT2D eigenvalue weighted by molar-refractivity contribution is -0.274. The fourth-order valence-corrected chi connectivity index (χ4v) is 4.09. The molecule has 37 heavy (non-hydrogen) atoms. The minimum Gasteiger partial charge on any atom is -0.491 e. The Balaban J connectivity index is 1.54. The molecule has 14 heteroatoms. The Kier molecular flexibility index (Phi) is 7.45. The summed E-state index contributed by atoms with van der Waals surface area (Å²) >= 11 is 0. The molecule has 2 atom stereocenters. The standard InChI is InChI=1S/C23H23F3N6O5/c1-35-19-11-14(12-27-21(19)36-2)22(34)31-9-7-16(17(13-31)32-10-8-28-30-32)29-20(33)15-5-3-4-6-18(15)37-23(24,25)26/h3-6,8,10-12,16-17H,7,9,13H2,1-2H3,(H,29,33)/t16-,17-/m1/s1. The topological polar surface area (TPSA) is 121 Å². The van der Waals surface area contributed by atoms with Crippen molar-refractivity contribution in [2.24, 2.45) is 0 Å². The van der Waals surface area contributed by atoms with Crippen LogP contribution in [0, 0.1) is 0 Å². The van der Waals surface area contributed by atoms with E-state index in [-0.39, 0.29) is 36.0 Å². The minimum absolute atomic E-state index is 0.141. The van der Waals surface area contributed by atoms with Crippen molar-refractivity contribution >= 4 is 11.8 Å². The summed E-state index contributed by atoms with van der Waals surface area (Å²) < 4.78 is 54.3. The van der Waals surface area contributed by atoms with Gasteiger partial charge in [0.2, 0.25) is 0 Å². The van der Waals surface area contributed by atoms with Crippen molar-refractivity contribution in [2.75, 3.05) is 27.3 Å². The number of rotatable bonds is 7. The van der Waals surface area contributed by atoms with E-state index in [0.717, 1.165) is 6.07 Å². The van der Waals surface area contributed by atoms with Gasteiger partial charge in [0.25, 0.3) is 17.7 Å². The molecule has 2 aromatic heterocycles. The van der Waals surface area contributed by atoms with Gasteiger partial charge < -0.3 is 24.4 Å². The predicted molar refractivity (Wildman–Crippen MR) is 121 cm³/mol. The normalized spacial score (nSPS) is 17.7. The number of hydrogen-bond acceptors (Lipinski definition) is 8. The van der Waals surface area contributed by atoms with Crippen LogP contribution in [0.25, 0.3) is 0 Å². The quantitative estimate of drug-likeness (QED) is 0.505. The van der Waals surface area contributed by atoms with Crippen molar-refractivity contribution in [3.8, 4) is 17.4 Å². The van der Waals surface area contributed by atoms with Gasteiger partial charge in [-0.15, -0.1) is 18.3 Å². The highest BCUT2D eigenvalue weighted by molar-refractivity contribution is 5.97. The first-order valence-corrected chi connectivity index (χ1v) is 11.1.